The standard InChI is InChI=1S/C7H5ClF.ClH.Zn/c1-5-2-6(8)4-7(9)3-5;;/h2-4H,1H2;1H;/q-1;;+2/p-1. The van der Waals surface area contributed by atoms with Crippen molar-refractivity contribution in [1.29, 1.82) is 0 Å². The van der Waals surface area contributed by atoms with Crippen LogP contribution in [0.15, 0.2) is 18.2 Å². The number of hydrogen-bond acceptors (Lipinski definition) is 0. The maximum Gasteiger partial charge on any atom is 2.00 e. The molecule has 0 unspecified atom stereocenters. The van der Waals surface area contributed by atoms with Crippen molar-refractivity contribution in [2.24, 2.45) is 0 Å². The van der Waals surface area contributed by atoms with Gasteiger partial charge >= 0.3 is 19.5 Å². The van der Waals surface area contributed by atoms with E-state index in [4.69, 9.17) is 11.6 Å². The van der Waals surface area contributed by atoms with E-state index >= 15 is 0 Å². The predicted octanol–water partition coefficient (Wildman–Crippen LogP) is -0.337. The monoisotopic (exact) mass is 242 g/mol. The molecule has 56 valence electrons. The van der Waals surface area contributed by atoms with Gasteiger partial charge in [-0.3, -0.25) is 0 Å². The van der Waals surface area contributed by atoms with Crippen LogP contribution in [-0.2, 0) is 19.5 Å². The van der Waals surface area contributed by atoms with E-state index in [0.717, 1.165) is 0 Å². The first-order valence-electron chi connectivity index (χ1n) is 2.46. The van der Waals surface area contributed by atoms with Gasteiger partial charge in [-0.2, -0.15) is 12.5 Å². The van der Waals surface area contributed by atoms with Gasteiger partial charge < -0.3 is 12.4 Å². The van der Waals surface area contributed by atoms with Crippen LogP contribution in [0.25, 0.3) is 0 Å². The van der Waals surface area contributed by atoms with Gasteiger partial charge in [-0.05, 0) is 11.1 Å². The summed E-state index contributed by atoms with van der Waals surface area (Å²) < 4.78 is 12.3. The molecular formula is C7H5Cl2FZn. The molecule has 4 heteroatoms. The number of benzene rings is 1. The maximum absolute atomic E-state index is 12.3. The van der Waals surface area contributed by atoms with E-state index in [1.54, 1.807) is 6.07 Å². The van der Waals surface area contributed by atoms with Crippen molar-refractivity contribution in [3.05, 3.63) is 41.5 Å². The molecular weight excluding hydrogens is 239 g/mol. The van der Waals surface area contributed by atoms with Crippen molar-refractivity contribution in [3.63, 3.8) is 0 Å². The zero-order valence-corrected chi connectivity index (χ0v) is 10.3. The minimum Gasteiger partial charge on any atom is -1.00 e. The molecule has 0 bridgehead atoms. The van der Waals surface area contributed by atoms with Crippen LogP contribution >= 0.6 is 11.6 Å². The second-order valence-corrected chi connectivity index (χ2v) is 2.21. The summed E-state index contributed by atoms with van der Waals surface area (Å²) in [6.45, 7) is 3.52. The maximum atomic E-state index is 12.3. The Morgan fingerprint density at radius 3 is 2.18 bits per heavy atom. The van der Waals surface area contributed by atoms with E-state index in [1.165, 1.54) is 12.1 Å². The topological polar surface area (TPSA) is 0 Å². The summed E-state index contributed by atoms with van der Waals surface area (Å²) in [5.41, 5.74) is 0.597. The van der Waals surface area contributed by atoms with E-state index in [2.05, 4.69) is 6.92 Å². The van der Waals surface area contributed by atoms with Crippen LogP contribution in [0.4, 0.5) is 4.39 Å². The van der Waals surface area contributed by atoms with Gasteiger partial charge in [-0.15, -0.1) is 12.1 Å². The Bertz CT molecular complexity index is 177. The normalized spacial score (nSPS) is 7.82. The van der Waals surface area contributed by atoms with Crippen LogP contribution in [0.2, 0.25) is 5.02 Å². The molecule has 0 aliphatic heterocycles. The molecule has 1 aromatic carbocycles. The van der Waals surface area contributed by atoms with Gasteiger partial charge in [-0.1, -0.05) is 11.6 Å². The van der Waals surface area contributed by atoms with E-state index in [9.17, 15) is 4.39 Å². The SMILES string of the molecule is [CH2-]c1cc(F)cc(Cl)c1.[Cl-].[Zn+2]. The van der Waals surface area contributed by atoms with Crippen LogP contribution in [0.5, 0.6) is 0 Å². The second-order valence-electron chi connectivity index (χ2n) is 1.78. The van der Waals surface area contributed by atoms with E-state index < -0.39 is 0 Å². The minimum absolute atomic E-state index is 0. The Kier molecular flexibility index (Phi) is 7.30. The Labute approximate surface area is 89.3 Å². The third kappa shape index (κ3) is 4.63. The van der Waals surface area contributed by atoms with Crippen LogP contribution < -0.4 is 12.4 Å². The number of rotatable bonds is 0. The fourth-order valence-electron chi connectivity index (χ4n) is 0.611. The van der Waals surface area contributed by atoms with Crippen molar-refractivity contribution in [1.82, 2.24) is 0 Å². The zero-order valence-electron chi connectivity index (χ0n) is 5.78. The fraction of sp³-hybridized carbons (Fsp3) is 0. The Morgan fingerprint density at radius 2 is 1.82 bits per heavy atom. The molecule has 0 aliphatic rings. The van der Waals surface area contributed by atoms with Gasteiger partial charge in [0, 0.05) is 0 Å². The predicted molar refractivity (Wildman–Crippen MR) is 35.9 cm³/mol. The molecule has 0 atom stereocenters. The molecule has 0 aromatic heterocycles. The van der Waals surface area contributed by atoms with E-state index in [1.807, 2.05) is 0 Å². The van der Waals surface area contributed by atoms with E-state index in [0.29, 0.717) is 10.6 Å². The summed E-state index contributed by atoms with van der Waals surface area (Å²) in [6, 6.07) is 4.17. The summed E-state index contributed by atoms with van der Waals surface area (Å²) in [5.74, 6) is -0.340. The van der Waals surface area contributed by atoms with Crippen molar-refractivity contribution in [3.8, 4) is 0 Å². The van der Waals surface area contributed by atoms with Crippen molar-refractivity contribution < 1.29 is 36.3 Å². The Balaban J connectivity index is 0. The fourth-order valence-corrected chi connectivity index (χ4v) is 0.855. The van der Waals surface area contributed by atoms with Crippen LogP contribution in [-0.4, -0.2) is 0 Å². The van der Waals surface area contributed by atoms with Crippen molar-refractivity contribution in [2.45, 2.75) is 0 Å². The summed E-state index contributed by atoms with van der Waals surface area (Å²) in [5, 5.41) is 0.389. The van der Waals surface area contributed by atoms with Gasteiger partial charge in [-0.25, -0.2) is 4.39 Å². The summed E-state index contributed by atoms with van der Waals surface area (Å²) in [7, 11) is 0. The first-order valence-corrected chi connectivity index (χ1v) is 2.84. The molecule has 0 nitrogen and oxygen atoms in total. The summed E-state index contributed by atoms with van der Waals surface area (Å²) >= 11 is 5.47. The smallest absolute Gasteiger partial charge is 1.00 e. The molecule has 0 saturated heterocycles. The molecule has 11 heavy (non-hydrogen) atoms. The van der Waals surface area contributed by atoms with Gasteiger partial charge in [0.2, 0.25) is 0 Å². The van der Waals surface area contributed by atoms with Gasteiger partial charge in [0.1, 0.15) is 0 Å². The molecule has 0 aliphatic carbocycles. The van der Waals surface area contributed by atoms with Crippen molar-refractivity contribution >= 4 is 11.6 Å². The molecule has 0 heterocycles. The molecule has 0 radical (unpaired) electrons. The quantitative estimate of drug-likeness (QED) is 0.433. The Hall–Kier alpha value is 0.223. The molecule has 0 N–H and O–H groups in total. The molecule has 0 saturated carbocycles. The minimum atomic E-state index is -0.340. The summed E-state index contributed by atoms with van der Waals surface area (Å²) in [6.07, 6.45) is 0. The first-order chi connectivity index (χ1) is 4.18. The average molecular weight is 244 g/mol. The van der Waals surface area contributed by atoms with Crippen LogP contribution in [0.1, 0.15) is 5.56 Å². The van der Waals surface area contributed by atoms with Gasteiger partial charge in [0.15, 0.2) is 0 Å². The number of halogens is 3. The third-order valence-corrected chi connectivity index (χ3v) is 1.14. The average Bonchev–Trinajstić information content (AvgIpc) is 1.59. The largest absolute Gasteiger partial charge is 2.00 e. The summed E-state index contributed by atoms with van der Waals surface area (Å²) in [4.78, 5) is 0. The first kappa shape index (κ1) is 13.8. The van der Waals surface area contributed by atoms with Gasteiger partial charge in [0.25, 0.3) is 0 Å². The van der Waals surface area contributed by atoms with E-state index in [-0.39, 0.29) is 37.7 Å². The second kappa shape index (κ2) is 5.82. The number of hydrogen-bond donors (Lipinski definition) is 0. The van der Waals surface area contributed by atoms with Crippen LogP contribution in [0, 0.1) is 12.7 Å². The van der Waals surface area contributed by atoms with Crippen molar-refractivity contribution in [2.75, 3.05) is 0 Å². The molecule has 0 amide bonds. The molecule has 1 aromatic rings. The molecule has 0 spiro atoms. The van der Waals surface area contributed by atoms with Crippen LogP contribution in [0.3, 0.4) is 0 Å². The Morgan fingerprint density at radius 1 is 1.27 bits per heavy atom. The zero-order chi connectivity index (χ0) is 6.85. The van der Waals surface area contributed by atoms with Gasteiger partial charge in [0.05, 0.1) is 5.82 Å². The molecule has 1 rings (SSSR count). The third-order valence-electron chi connectivity index (χ3n) is 0.922. The molecule has 0 fully saturated rings.